The van der Waals surface area contributed by atoms with Crippen LogP contribution in [-0.2, 0) is 12.8 Å². The maximum absolute atomic E-state index is 4.76. The van der Waals surface area contributed by atoms with Gasteiger partial charge in [0.1, 0.15) is 0 Å². The molecular weight excluding hydrogens is 249 g/mol. The zero-order chi connectivity index (χ0) is 10.1. The van der Waals surface area contributed by atoms with E-state index in [0.29, 0.717) is 14.7 Å². The fourth-order valence-electron chi connectivity index (χ4n) is 2.21. The first-order valence-corrected chi connectivity index (χ1v) is 7.10. The molecule has 1 aliphatic rings. The first-order chi connectivity index (χ1) is 7.45. The van der Waals surface area contributed by atoms with E-state index < -0.39 is 0 Å². The van der Waals surface area contributed by atoms with Crippen molar-refractivity contribution in [3.63, 3.8) is 0 Å². The van der Waals surface area contributed by atoms with Gasteiger partial charge in [0.2, 0.25) is 0 Å². The van der Waals surface area contributed by atoms with Gasteiger partial charge in [0.25, 0.3) is 0 Å². The third kappa shape index (κ3) is 1.68. The molecule has 0 saturated carbocycles. The summed E-state index contributed by atoms with van der Waals surface area (Å²) in [5.41, 5.74) is 4.18. The second-order valence-corrected chi connectivity index (χ2v) is 5.81. The van der Waals surface area contributed by atoms with Gasteiger partial charge in [-0.15, -0.1) is 0 Å². The number of nitrogens with zero attached hydrogens (tertiary/aromatic N) is 1. The molecule has 1 heterocycles. The summed E-state index contributed by atoms with van der Waals surface area (Å²) < 4.78 is 6.42. The van der Waals surface area contributed by atoms with Gasteiger partial charge in [0.15, 0.2) is 0 Å². The molecule has 0 aliphatic heterocycles. The van der Waals surface area contributed by atoms with Crippen LogP contribution in [-0.4, -0.2) is 18.7 Å². The van der Waals surface area contributed by atoms with Crippen LogP contribution < -0.4 is 0 Å². The van der Waals surface area contributed by atoms with Gasteiger partial charge < -0.3 is 0 Å². The summed E-state index contributed by atoms with van der Waals surface area (Å²) in [6.45, 7) is 0. The van der Waals surface area contributed by atoms with Crippen LogP contribution in [0.15, 0.2) is 30.3 Å². The van der Waals surface area contributed by atoms with Crippen LogP contribution in [0.5, 0.6) is 0 Å². The molecule has 1 aromatic heterocycles. The van der Waals surface area contributed by atoms with Gasteiger partial charge in [-0.3, -0.25) is 0 Å². The number of rotatable bonds is 1. The topological polar surface area (TPSA) is 12.9 Å². The predicted octanol–water partition coefficient (Wildman–Crippen LogP) is 2.68. The van der Waals surface area contributed by atoms with Crippen molar-refractivity contribution >= 4 is 14.7 Å². The molecular formula is C13H13NSe. The maximum atomic E-state index is 4.76. The number of fused-ring (bicyclic) bond motifs is 1. The molecule has 0 atom stereocenters. The zero-order valence-corrected chi connectivity index (χ0v) is 10.3. The Morgan fingerprint density at radius 2 is 1.80 bits per heavy atom. The van der Waals surface area contributed by atoms with E-state index in [4.69, 9.17) is 3.98 Å². The minimum absolute atomic E-state index is 0.404. The van der Waals surface area contributed by atoms with Crippen molar-refractivity contribution in [1.82, 2.24) is 3.98 Å². The Morgan fingerprint density at radius 1 is 1.00 bits per heavy atom. The number of hydrogen-bond donors (Lipinski definition) is 0. The van der Waals surface area contributed by atoms with Crippen molar-refractivity contribution in [2.45, 2.75) is 25.7 Å². The Kier molecular flexibility index (Phi) is 2.47. The third-order valence-electron chi connectivity index (χ3n) is 3.00. The molecule has 0 radical (unpaired) electrons. The van der Waals surface area contributed by atoms with Crippen LogP contribution in [0.25, 0.3) is 11.3 Å². The summed E-state index contributed by atoms with van der Waals surface area (Å²) in [5, 5.41) is 0. The van der Waals surface area contributed by atoms with Gasteiger partial charge in [-0.1, -0.05) is 0 Å². The van der Waals surface area contributed by atoms with E-state index in [9.17, 15) is 0 Å². The summed E-state index contributed by atoms with van der Waals surface area (Å²) in [6, 6.07) is 10.6. The van der Waals surface area contributed by atoms with Crippen LogP contribution in [0, 0.1) is 0 Å². The molecule has 1 nitrogen and oxygen atoms in total. The SMILES string of the molecule is c1ccc(-c2n[se]c3c2CCCC3)cc1. The normalized spacial score (nSPS) is 14.9. The molecule has 0 amide bonds. The molecule has 0 spiro atoms. The van der Waals surface area contributed by atoms with Crippen molar-refractivity contribution < 1.29 is 0 Å². The standard InChI is InChI=1S/C13H13NSe/c1-2-6-10(7-3-1)13-11-8-4-5-9-12(11)15-14-13/h1-3,6-7H,4-5,8-9H2. The monoisotopic (exact) mass is 263 g/mol. The summed E-state index contributed by atoms with van der Waals surface area (Å²) in [6.07, 6.45) is 5.28. The Balaban J connectivity index is 2.09. The van der Waals surface area contributed by atoms with Crippen LogP contribution in [0.1, 0.15) is 22.8 Å². The molecule has 2 heteroatoms. The van der Waals surface area contributed by atoms with Gasteiger partial charge in [0, 0.05) is 0 Å². The van der Waals surface area contributed by atoms with Crippen LogP contribution in [0.2, 0.25) is 0 Å². The molecule has 76 valence electrons. The molecule has 3 rings (SSSR count). The fraction of sp³-hybridized carbons (Fsp3) is 0.308. The van der Waals surface area contributed by atoms with E-state index in [1.54, 1.807) is 10.0 Å². The van der Waals surface area contributed by atoms with Gasteiger partial charge >= 0.3 is 96.0 Å². The first kappa shape index (κ1) is 9.38. The van der Waals surface area contributed by atoms with E-state index in [1.807, 2.05) is 0 Å². The zero-order valence-electron chi connectivity index (χ0n) is 8.57. The van der Waals surface area contributed by atoms with Crippen LogP contribution in [0.3, 0.4) is 0 Å². The number of aromatic nitrogens is 1. The van der Waals surface area contributed by atoms with Crippen molar-refractivity contribution in [3.8, 4) is 11.3 Å². The number of hydrogen-bond acceptors (Lipinski definition) is 1. The van der Waals surface area contributed by atoms with E-state index >= 15 is 0 Å². The Labute approximate surface area is 96.1 Å². The predicted molar refractivity (Wildman–Crippen MR) is 63.3 cm³/mol. The Bertz CT molecular complexity index is 459. The number of aryl methyl sites for hydroxylation is 1. The van der Waals surface area contributed by atoms with E-state index in [0.717, 1.165) is 0 Å². The van der Waals surface area contributed by atoms with E-state index in [2.05, 4.69) is 30.3 Å². The molecule has 15 heavy (non-hydrogen) atoms. The summed E-state index contributed by atoms with van der Waals surface area (Å²) in [5.74, 6) is 0. The molecule has 1 aliphatic carbocycles. The average Bonchev–Trinajstić information content (AvgIpc) is 2.74. The van der Waals surface area contributed by atoms with E-state index in [1.165, 1.54) is 36.9 Å². The molecule has 2 aromatic rings. The van der Waals surface area contributed by atoms with Crippen molar-refractivity contribution in [3.05, 3.63) is 40.3 Å². The molecule has 0 unspecified atom stereocenters. The van der Waals surface area contributed by atoms with Gasteiger partial charge in [0.05, 0.1) is 0 Å². The van der Waals surface area contributed by atoms with Gasteiger partial charge in [-0.2, -0.15) is 0 Å². The van der Waals surface area contributed by atoms with E-state index in [-0.39, 0.29) is 0 Å². The second kappa shape index (κ2) is 3.96. The van der Waals surface area contributed by atoms with Crippen molar-refractivity contribution in [2.24, 2.45) is 0 Å². The molecule has 1 aromatic carbocycles. The molecule has 0 bridgehead atoms. The Morgan fingerprint density at radius 3 is 2.67 bits per heavy atom. The third-order valence-corrected chi connectivity index (χ3v) is 4.98. The molecule has 0 saturated heterocycles. The number of benzene rings is 1. The summed E-state index contributed by atoms with van der Waals surface area (Å²) in [4.78, 5) is 0. The molecule has 0 fully saturated rings. The average molecular weight is 262 g/mol. The van der Waals surface area contributed by atoms with Crippen molar-refractivity contribution in [1.29, 1.82) is 0 Å². The summed E-state index contributed by atoms with van der Waals surface area (Å²) >= 11 is 0.404. The fourth-order valence-corrected chi connectivity index (χ4v) is 4.23. The first-order valence-electron chi connectivity index (χ1n) is 5.48. The quantitative estimate of drug-likeness (QED) is 0.720. The Hall–Kier alpha value is -0.851. The molecule has 0 N–H and O–H groups in total. The van der Waals surface area contributed by atoms with Crippen LogP contribution >= 0.6 is 0 Å². The summed E-state index contributed by atoms with van der Waals surface area (Å²) in [7, 11) is 0. The van der Waals surface area contributed by atoms with Crippen molar-refractivity contribution in [2.75, 3.05) is 0 Å². The minimum atomic E-state index is 0.404. The second-order valence-electron chi connectivity index (χ2n) is 4.01. The van der Waals surface area contributed by atoms with Gasteiger partial charge in [-0.25, -0.2) is 0 Å². The van der Waals surface area contributed by atoms with Gasteiger partial charge in [-0.05, 0) is 0 Å². The van der Waals surface area contributed by atoms with Crippen LogP contribution in [0.4, 0.5) is 0 Å².